The summed E-state index contributed by atoms with van der Waals surface area (Å²) in [5, 5.41) is 0. The molecule has 1 aliphatic rings. The van der Waals surface area contributed by atoms with Gasteiger partial charge < -0.3 is 0 Å². The van der Waals surface area contributed by atoms with Gasteiger partial charge in [-0.1, -0.05) is 19.1 Å². The van der Waals surface area contributed by atoms with E-state index in [0.717, 1.165) is 10.5 Å². The Bertz CT molecular complexity index is 624. The summed E-state index contributed by atoms with van der Waals surface area (Å²) in [5.74, 6) is 0. The van der Waals surface area contributed by atoms with Crippen LogP contribution in [0.2, 0.25) is 0 Å². The van der Waals surface area contributed by atoms with E-state index in [1.54, 1.807) is 25.6 Å². The molecule has 2 N–H and O–H groups in total. The Hall–Kier alpha value is 0.260. The molecule has 1 aromatic carbocycles. The number of alkyl halides is 2. The fraction of sp³-hybridized carbons (Fsp3) is 0.600. The Labute approximate surface area is 152 Å². The van der Waals surface area contributed by atoms with E-state index in [1.807, 2.05) is 37.4 Å². The van der Waals surface area contributed by atoms with Crippen molar-refractivity contribution in [1.82, 2.24) is 0 Å². The third-order valence-corrected chi connectivity index (χ3v) is 7.20. The highest BCUT2D eigenvalue weighted by atomic mass is 35.5. The average Bonchev–Trinajstić information content (AvgIpc) is 2.95. The maximum atomic E-state index is 12.5. The van der Waals surface area contributed by atoms with Crippen molar-refractivity contribution in [3.8, 4) is 0 Å². The van der Waals surface area contributed by atoms with Crippen molar-refractivity contribution in [1.29, 1.82) is 0 Å². The number of rotatable bonds is 7. The Morgan fingerprint density at radius 2 is 1.87 bits per heavy atom. The molecule has 0 aromatic heterocycles. The van der Waals surface area contributed by atoms with E-state index in [2.05, 4.69) is 0 Å². The molecule has 1 aromatic rings. The van der Waals surface area contributed by atoms with Crippen LogP contribution in [0.3, 0.4) is 0 Å². The minimum Gasteiger partial charge on any atom is -0.296 e. The van der Waals surface area contributed by atoms with E-state index in [1.165, 1.54) is 0 Å². The van der Waals surface area contributed by atoms with Crippen LogP contribution in [0.25, 0.3) is 0 Å². The molecule has 1 saturated carbocycles. The van der Waals surface area contributed by atoms with Crippen LogP contribution >= 0.6 is 42.7 Å². The molecule has 0 saturated heterocycles. The molecule has 8 heteroatoms. The molecular weight excluding hydrogens is 376 g/mol. The van der Waals surface area contributed by atoms with Crippen LogP contribution in [0.1, 0.15) is 32.8 Å². The minimum absolute atomic E-state index is 0.0925. The molecule has 0 radical (unpaired) electrons. The van der Waals surface area contributed by atoms with Crippen LogP contribution in [0, 0.1) is 5.41 Å². The smallest absolute Gasteiger partial charge is 0.296 e. The molecule has 2 atom stereocenters. The van der Waals surface area contributed by atoms with E-state index in [9.17, 15) is 4.57 Å². The van der Waals surface area contributed by atoms with Crippen molar-refractivity contribution in [2.45, 2.75) is 42.0 Å². The number of halogens is 2. The van der Waals surface area contributed by atoms with Crippen LogP contribution in [0.5, 0.6) is 0 Å². The second kappa shape index (κ2) is 6.53. The summed E-state index contributed by atoms with van der Waals surface area (Å²) in [6.07, 6.45) is 2.58. The van der Waals surface area contributed by atoms with Gasteiger partial charge in [0.1, 0.15) is 4.33 Å². The van der Waals surface area contributed by atoms with Crippen molar-refractivity contribution in [3.63, 3.8) is 0 Å². The van der Waals surface area contributed by atoms with Gasteiger partial charge in [-0.2, -0.15) is 0 Å². The fourth-order valence-electron chi connectivity index (χ4n) is 2.22. The summed E-state index contributed by atoms with van der Waals surface area (Å²) in [6, 6.07) is 7.81. The van der Waals surface area contributed by atoms with Gasteiger partial charge in [0.2, 0.25) is 0 Å². The number of nitrogens with two attached hydrogens (primary N) is 1. The lowest BCUT2D eigenvalue weighted by Gasteiger charge is -2.29. The number of thioether (sulfide) groups is 1. The molecule has 2 unspecified atom stereocenters. The first-order chi connectivity index (χ1) is 10.4. The molecular formula is C15H22Cl2NO3PS. The molecule has 0 spiro atoms. The van der Waals surface area contributed by atoms with E-state index in [-0.39, 0.29) is 6.61 Å². The standard InChI is InChI=1S/C15H22Cl2NO3PS/c1-13(2,11-5-7-12(23-4)8-6-11)21-22(18,19)20-10-14(3)9-15(14,16)17/h5-8H,9-10H2,1-4H3,(H2,18,19). The highest BCUT2D eigenvalue weighted by Crippen LogP contribution is 2.65. The molecule has 1 fully saturated rings. The van der Waals surface area contributed by atoms with Gasteiger partial charge in [-0.05, 0) is 44.2 Å². The topological polar surface area (TPSA) is 61.5 Å². The zero-order valence-electron chi connectivity index (χ0n) is 13.6. The minimum atomic E-state index is -3.73. The van der Waals surface area contributed by atoms with Gasteiger partial charge >= 0.3 is 7.75 Å². The molecule has 0 heterocycles. The van der Waals surface area contributed by atoms with E-state index in [0.29, 0.717) is 6.42 Å². The number of hydrogen-bond acceptors (Lipinski definition) is 4. The second-order valence-corrected chi connectivity index (χ2v) is 10.5. The van der Waals surface area contributed by atoms with Gasteiger partial charge in [-0.25, -0.2) is 10.1 Å². The normalized spacial score (nSPS) is 25.9. The maximum absolute atomic E-state index is 12.5. The van der Waals surface area contributed by atoms with Crippen LogP contribution in [0.15, 0.2) is 29.2 Å². The van der Waals surface area contributed by atoms with Crippen molar-refractivity contribution >= 4 is 42.7 Å². The second-order valence-electron chi connectivity index (χ2n) is 6.59. The third kappa shape index (κ3) is 4.66. The summed E-state index contributed by atoms with van der Waals surface area (Å²) in [4.78, 5) is 1.14. The Balaban J connectivity index is 2.01. The lowest BCUT2D eigenvalue weighted by atomic mass is 9.99. The quantitative estimate of drug-likeness (QED) is 0.382. The molecule has 4 nitrogen and oxygen atoms in total. The fourth-order valence-corrected chi connectivity index (χ4v) is 4.59. The molecule has 130 valence electrons. The number of benzene rings is 1. The van der Waals surface area contributed by atoms with Crippen LogP contribution in [-0.2, 0) is 19.2 Å². The van der Waals surface area contributed by atoms with Gasteiger partial charge in [0.05, 0.1) is 12.2 Å². The highest BCUT2D eigenvalue weighted by molar-refractivity contribution is 7.98. The van der Waals surface area contributed by atoms with Crippen LogP contribution in [-0.4, -0.2) is 17.2 Å². The first-order valence-corrected chi connectivity index (χ1v) is 10.8. The third-order valence-electron chi connectivity index (χ3n) is 4.07. The van der Waals surface area contributed by atoms with Crippen molar-refractivity contribution in [3.05, 3.63) is 29.8 Å². The van der Waals surface area contributed by atoms with E-state index >= 15 is 0 Å². The average molecular weight is 398 g/mol. The predicted molar refractivity (Wildman–Crippen MR) is 97.2 cm³/mol. The Morgan fingerprint density at radius 1 is 1.35 bits per heavy atom. The molecule has 0 aliphatic heterocycles. The van der Waals surface area contributed by atoms with Crippen molar-refractivity contribution in [2.75, 3.05) is 12.9 Å². The Morgan fingerprint density at radius 3 is 2.30 bits per heavy atom. The first-order valence-electron chi connectivity index (χ1n) is 7.17. The number of hydrogen-bond donors (Lipinski definition) is 1. The van der Waals surface area contributed by atoms with Crippen molar-refractivity contribution in [2.24, 2.45) is 10.9 Å². The maximum Gasteiger partial charge on any atom is 0.403 e. The summed E-state index contributed by atoms with van der Waals surface area (Å²) in [5.41, 5.74) is 5.32. The summed E-state index contributed by atoms with van der Waals surface area (Å²) >= 11 is 13.7. The molecule has 0 amide bonds. The monoisotopic (exact) mass is 397 g/mol. The van der Waals surface area contributed by atoms with Gasteiger partial charge in [-0.15, -0.1) is 35.0 Å². The van der Waals surface area contributed by atoms with E-state index < -0.39 is 23.1 Å². The summed E-state index contributed by atoms with van der Waals surface area (Å²) in [7, 11) is -3.73. The molecule has 0 bridgehead atoms. The Kier molecular flexibility index (Phi) is 5.56. The SMILES string of the molecule is CSc1ccc(C(C)(C)OP(N)(=O)OCC2(C)CC2(Cl)Cl)cc1. The first kappa shape index (κ1) is 19.6. The molecule has 2 rings (SSSR count). The largest absolute Gasteiger partial charge is 0.403 e. The zero-order chi connectivity index (χ0) is 17.5. The van der Waals surface area contributed by atoms with Crippen LogP contribution in [0.4, 0.5) is 0 Å². The summed E-state index contributed by atoms with van der Waals surface area (Å²) in [6.45, 7) is 5.56. The predicted octanol–water partition coefficient (Wildman–Crippen LogP) is 5.33. The van der Waals surface area contributed by atoms with Gasteiger partial charge in [0.15, 0.2) is 0 Å². The van der Waals surface area contributed by atoms with Gasteiger partial charge in [0, 0.05) is 10.3 Å². The van der Waals surface area contributed by atoms with Gasteiger partial charge in [-0.3, -0.25) is 9.05 Å². The lowest BCUT2D eigenvalue weighted by Crippen LogP contribution is -2.24. The highest BCUT2D eigenvalue weighted by Gasteiger charge is 2.63. The molecule has 1 aliphatic carbocycles. The van der Waals surface area contributed by atoms with Crippen molar-refractivity contribution < 1.29 is 13.6 Å². The lowest BCUT2D eigenvalue weighted by molar-refractivity contribution is 0.0700. The zero-order valence-corrected chi connectivity index (χ0v) is 16.9. The van der Waals surface area contributed by atoms with E-state index in [4.69, 9.17) is 37.8 Å². The summed E-state index contributed by atoms with van der Waals surface area (Å²) < 4.78 is 22.5. The van der Waals surface area contributed by atoms with Gasteiger partial charge in [0.25, 0.3) is 0 Å². The molecule has 23 heavy (non-hydrogen) atoms. The van der Waals surface area contributed by atoms with Crippen LogP contribution < -0.4 is 5.50 Å².